The first-order valence-corrected chi connectivity index (χ1v) is 8.51. The van der Waals surface area contributed by atoms with Gasteiger partial charge < -0.3 is 10.2 Å². The van der Waals surface area contributed by atoms with Crippen LogP contribution in [-0.4, -0.2) is 22.2 Å². The van der Waals surface area contributed by atoms with Crippen molar-refractivity contribution >= 4 is 35.9 Å². The van der Waals surface area contributed by atoms with Gasteiger partial charge in [-0.15, -0.1) is 11.3 Å². The van der Waals surface area contributed by atoms with Crippen LogP contribution in [0.4, 0.5) is 0 Å². The van der Waals surface area contributed by atoms with Gasteiger partial charge in [0.2, 0.25) is 0 Å². The second kappa shape index (κ2) is 10.1. The number of hydrogen-bond donors (Lipinski definition) is 3. The van der Waals surface area contributed by atoms with E-state index in [4.69, 9.17) is 10.2 Å². The van der Waals surface area contributed by atoms with Gasteiger partial charge in [0.05, 0.1) is 0 Å². The van der Waals surface area contributed by atoms with Gasteiger partial charge in [0.15, 0.2) is 0 Å². The van der Waals surface area contributed by atoms with E-state index in [0.29, 0.717) is 0 Å². The summed E-state index contributed by atoms with van der Waals surface area (Å²) >= 11 is 5.63. The van der Waals surface area contributed by atoms with Gasteiger partial charge in [-0.2, -0.15) is 12.6 Å². The van der Waals surface area contributed by atoms with E-state index in [1.165, 1.54) is 4.88 Å². The molecular weight excluding hydrogens is 332 g/mol. The molecule has 0 aliphatic carbocycles. The molecule has 0 aliphatic rings. The first kappa shape index (κ1) is 19.3. The fourth-order valence-corrected chi connectivity index (χ4v) is 2.68. The lowest BCUT2D eigenvalue weighted by molar-refractivity contribution is -0.137. The van der Waals surface area contributed by atoms with Gasteiger partial charge >= 0.3 is 11.9 Å². The fraction of sp³-hybridized carbons (Fsp3) is 0.294. The van der Waals surface area contributed by atoms with Crippen molar-refractivity contribution in [2.24, 2.45) is 0 Å². The quantitative estimate of drug-likeness (QED) is 0.681. The maximum Gasteiger partial charge on any atom is 0.320 e. The van der Waals surface area contributed by atoms with Gasteiger partial charge in [-0.05, 0) is 36.8 Å². The zero-order chi connectivity index (χ0) is 17.2. The Balaban J connectivity index is 0.000000231. The summed E-state index contributed by atoms with van der Waals surface area (Å²) in [5.41, 5.74) is 1.83. The topological polar surface area (TPSA) is 74.6 Å². The van der Waals surface area contributed by atoms with Crippen molar-refractivity contribution in [2.75, 3.05) is 0 Å². The predicted octanol–water partition coefficient (Wildman–Crippen LogP) is 4.21. The summed E-state index contributed by atoms with van der Waals surface area (Å²) in [5, 5.41) is 18.3. The third-order valence-corrected chi connectivity index (χ3v) is 4.48. The van der Waals surface area contributed by atoms with Crippen molar-refractivity contribution in [2.45, 2.75) is 31.4 Å². The molecule has 2 N–H and O–H groups in total. The Bertz CT molecular complexity index is 606. The third-order valence-electron chi connectivity index (χ3n) is 3.02. The molecule has 2 rings (SSSR count). The molecule has 0 saturated heterocycles. The molecule has 1 aromatic carbocycles. The van der Waals surface area contributed by atoms with E-state index in [-0.39, 0.29) is 6.42 Å². The van der Waals surface area contributed by atoms with Gasteiger partial charge in [-0.25, -0.2) is 0 Å². The Labute approximate surface area is 145 Å². The van der Waals surface area contributed by atoms with Crippen molar-refractivity contribution in [1.29, 1.82) is 0 Å². The molecule has 0 radical (unpaired) electrons. The molecule has 6 heteroatoms. The van der Waals surface area contributed by atoms with E-state index in [1.54, 1.807) is 23.5 Å². The molecule has 23 heavy (non-hydrogen) atoms. The van der Waals surface area contributed by atoms with Crippen LogP contribution in [0.2, 0.25) is 0 Å². The number of thiophene rings is 1. The number of thiol groups is 1. The van der Waals surface area contributed by atoms with E-state index in [1.807, 2.05) is 36.6 Å². The van der Waals surface area contributed by atoms with Crippen LogP contribution in [0, 0.1) is 6.92 Å². The zero-order valence-corrected chi connectivity index (χ0v) is 14.5. The number of carbonyl (C=O) groups is 2. The molecule has 0 amide bonds. The molecule has 2 aromatic rings. The first-order valence-electron chi connectivity index (χ1n) is 7.11. The lowest BCUT2D eigenvalue weighted by atomic mass is 10.1. The van der Waals surface area contributed by atoms with E-state index in [2.05, 4.69) is 12.6 Å². The summed E-state index contributed by atoms with van der Waals surface area (Å²) in [6.07, 6.45) is 1.91. The van der Waals surface area contributed by atoms with Gasteiger partial charge in [0.1, 0.15) is 5.25 Å². The molecule has 1 atom stereocenters. The van der Waals surface area contributed by atoms with Crippen molar-refractivity contribution in [3.63, 3.8) is 0 Å². The molecule has 4 nitrogen and oxygen atoms in total. The second-order valence-electron chi connectivity index (χ2n) is 4.98. The third kappa shape index (κ3) is 7.85. The van der Waals surface area contributed by atoms with Crippen molar-refractivity contribution < 1.29 is 19.8 Å². The number of rotatable bonds is 6. The molecule has 0 unspecified atom stereocenters. The van der Waals surface area contributed by atoms with Crippen LogP contribution in [0.15, 0.2) is 41.8 Å². The summed E-state index contributed by atoms with van der Waals surface area (Å²) in [4.78, 5) is 21.9. The lowest BCUT2D eigenvalue weighted by Crippen LogP contribution is -2.04. The van der Waals surface area contributed by atoms with E-state index < -0.39 is 17.2 Å². The summed E-state index contributed by atoms with van der Waals surface area (Å²) < 4.78 is 0. The molecule has 0 fully saturated rings. The molecule has 0 bridgehead atoms. The standard InChI is InChI=1S/C9H10O2S.C8H10O2S/c1-6-2-4-7(5-3-6)8(12)9(10)11;9-8(10)5-1-3-7-4-2-6-11-7/h2-5,8,12H,1H3,(H,10,11);2,4,6H,1,3,5H2,(H,9,10)/t8-;/m0./s1. The van der Waals surface area contributed by atoms with E-state index in [0.717, 1.165) is 24.0 Å². The Morgan fingerprint density at radius 2 is 1.83 bits per heavy atom. The zero-order valence-electron chi connectivity index (χ0n) is 12.8. The monoisotopic (exact) mass is 352 g/mol. The summed E-state index contributed by atoms with van der Waals surface area (Å²) in [7, 11) is 0. The van der Waals surface area contributed by atoms with Crippen LogP contribution in [0.25, 0.3) is 0 Å². The van der Waals surface area contributed by atoms with E-state index in [9.17, 15) is 9.59 Å². The Hall–Kier alpha value is -1.79. The molecule has 1 heterocycles. The van der Waals surface area contributed by atoms with Gasteiger partial charge in [-0.1, -0.05) is 35.9 Å². The van der Waals surface area contributed by atoms with Crippen LogP contribution in [0.3, 0.4) is 0 Å². The average Bonchev–Trinajstić information content (AvgIpc) is 3.01. The van der Waals surface area contributed by atoms with Gasteiger partial charge in [0.25, 0.3) is 0 Å². The SMILES string of the molecule is Cc1ccc([C@H](S)C(=O)O)cc1.O=C(O)CCCc1cccs1. The fourth-order valence-electron chi connectivity index (χ4n) is 1.76. The van der Waals surface area contributed by atoms with Crippen molar-refractivity contribution in [3.8, 4) is 0 Å². The van der Waals surface area contributed by atoms with Crippen LogP contribution in [0.1, 0.15) is 34.1 Å². The van der Waals surface area contributed by atoms with Crippen molar-refractivity contribution in [3.05, 3.63) is 57.8 Å². The maximum absolute atomic E-state index is 10.5. The van der Waals surface area contributed by atoms with Crippen LogP contribution >= 0.6 is 24.0 Å². The number of aryl methyl sites for hydroxylation is 2. The summed E-state index contributed by atoms with van der Waals surface area (Å²) in [6.45, 7) is 1.96. The van der Waals surface area contributed by atoms with E-state index >= 15 is 0 Å². The van der Waals surface area contributed by atoms with Crippen LogP contribution < -0.4 is 0 Å². The minimum absolute atomic E-state index is 0.276. The Kier molecular flexibility index (Phi) is 8.43. The van der Waals surface area contributed by atoms with Crippen LogP contribution in [-0.2, 0) is 16.0 Å². The normalized spacial score (nSPS) is 11.2. The number of aliphatic carboxylic acids is 2. The number of benzene rings is 1. The maximum atomic E-state index is 10.5. The Morgan fingerprint density at radius 1 is 1.17 bits per heavy atom. The molecule has 0 spiro atoms. The number of hydrogen-bond acceptors (Lipinski definition) is 4. The molecule has 0 saturated carbocycles. The predicted molar refractivity (Wildman–Crippen MR) is 95.4 cm³/mol. The molecule has 1 aromatic heterocycles. The minimum Gasteiger partial charge on any atom is -0.481 e. The second-order valence-corrected chi connectivity index (χ2v) is 6.53. The number of carboxylic acid groups (broad SMARTS) is 2. The smallest absolute Gasteiger partial charge is 0.320 e. The Morgan fingerprint density at radius 3 is 2.30 bits per heavy atom. The minimum atomic E-state index is -0.915. The summed E-state index contributed by atoms with van der Waals surface area (Å²) in [6, 6.07) is 11.3. The molecule has 0 aliphatic heterocycles. The first-order chi connectivity index (χ1) is 10.9. The molecule has 124 valence electrons. The van der Waals surface area contributed by atoms with Gasteiger partial charge in [0, 0.05) is 11.3 Å². The highest BCUT2D eigenvalue weighted by Crippen LogP contribution is 2.19. The summed E-state index contributed by atoms with van der Waals surface area (Å²) in [5.74, 6) is -1.62. The lowest BCUT2D eigenvalue weighted by Gasteiger charge is -2.04. The van der Waals surface area contributed by atoms with Gasteiger partial charge in [-0.3, -0.25) is 9.59 Å². The number of carboxylic acids is 2. The molecular formula is C17H20O4S2. The highest BCUT2D eigenvalue weighted by Gasteiger charge is 2.13. The average molecular weight is 352 g/mol. The van der Waals surface area contributed by atoms with Crippen LogP contribution in [0.5, 0.6) is 0 Å². The highest BCUT2D eigenvalue weighted by molar-refractivity contribution is 7.81. The largest absolute Gasteiger partial charge is 0.481 e. The van der Waals surface area contributed by atoms with Crippen molar-refractivity contribution in [1.82, 2.24) is 0 Å². The highest BCUT2D eigenvalue weighted by atomic mass is 32.1.